The van der Waals surface area contributed by atoms with Gasteiger partial charge in [-0.05, 0) is 86.8 Å². The highest BCUT2D eigenvalue weighted by Gasteiger charge is 2.48. The van der Waals surface area contributed by atoms with Crippen LogP contribution in [-0.4, -0.2) is 22.5 Å². The van der Waals surface area contributed by atoms with Crippen molar-refractivity contribution in [1.29, 1.82) is 0 Å². The van der Waals surface area contributed by atoms with Gasteiger partial charge in [-0.1, -0.05) is 35.3 Å². The van der Waals surface area contributed by atoms with E-state index in [-0.39, 0.29) is 10.2 Å². The third-order valence-electron chi connectivity index (χ3n) is 6.20. The van der Waals surface area contributed by atoms with Crippen LogP contribution in [0, 0.1) is 11.3 Å². The van der Waals surface area contributed by atoms with E-state index in [2.05, 4.69) is 67.2 Å². The van der Waals surface area contributed by atoms with Gasteiger partial charge >= 0.3 is 0 Å². The topological polar surface area (TPSA) is 32.3 Å². The van der Waals surface area contributed by atoms with Crippen LogP contribution in [0.25, 0.3) is 5.57 Å². The van der Waals surface area contributed by atoms with Crippen LogP contribution in [0.2, 0.25) is 0 Å². The molecule has 3 rings (SSSR count). The van der Waals surface area contributed by atoms with Crippen molar-refractivity contribution in [2.24, 2.45) is 11.3 Å². The van der Waals surface area contributed by atoms with E-state index in [4.69, 9.17) is 4.74 Å². The molecule has 0 saturated heterocycles. The number of ether oxygens (including phenoxy) is 1. The second-order valence-electron chi connectivity index (χ2n) is 8.89. The highest BCUT2D eigenvalue weighted by atomic mass is 79.9. The first-order chi connectivity index (χ1) is 12.2. The van der Waals surface area contributed by atoms with Gasteiger partial charge in [0.1, 0.15) is 10.2 Å². The smallest absolute Gasteiger partial charge is 0.122 e. The Kier molecular flexibility index (Phi) is 5.99. The Hall–Kier alpha value is -0.290. The standard InChI is InChI=1S/C22H31BrO2S/c1-6-15-12-22(10-9-20(15)25-5)13-16-7-8-17(23)11-18(16)19(22)14-26(24)21(2,3)4/h7-8,11,14-15,20H,6,9-10,12-13H2,1-5H3/b19-14-/t15-,20-,22-,26+/m0/s1. The van der Waals surface area contributed by atoms with Crippen LogP contribution in [0.1, 0.15) is 64.5 Å². The van der Waals surface area contributed by atoms with Crippen LogP contribution in [0.15, 0.2) is 28.1 Å². The largest absolute Gasteiger partial charge is 0.611 e. The van der Waals surface area contributed by atoms with Crippen LogP contribution in [0.5, 0.6) is 0 Å². The Balaban J connectivity index is 2.06. The Morgan fingerprint density at radius 1 is 1.38 bits per heavy atom. The van der Waals surface area contributed by atoms with Crippen LogP contribution < -0.4 is 0 Å². The predicted octanol–water partition coefficient (Wildman–Crippen LogP) is 6.10. The van der Waals surface area contributed by atoms with Crippen LogP contribution >= 0.6 is 15.9 Å². The molecule has 0 N–H and O–H groups in total. The summed E-state index contributed by atoms with van der Waals surface area (Å²) in [5.74, 6) is 0.568. The fourth-order valence-electron chi connectivity index (χ4n) is 4.68. The highest BCUT2D eigenvalue weighted by Crippen LogP contribution is 2.57. The second-order valence-corrected chi connectivity index (χ2v) is 11.9. The molecule has 2 nitrogen and oxygen atoms in total. The van der Waals surface area contributed by atoms with Crippen LogP contribution in [-0.2, 0) is 22.3 Å². The van der Waals surface area contributed by atoms with E-state index in [9.17, 15) is 4.55 Å². The van der Waals surface area contributed by atoms with Gasteiger partial charge in [0.25, 0.3) is 0 Å². The summed E-state index contributed by atoms with van der Waals surface area (Å²) in [6, 6.07) is 6.60. The van der Waals surface area contributed by atoms with E-state index in [1.807, 2.05) is 7.11 Å². The van der Waals surface area contributed by atoms with Crippen LogP contribution in [0.4, 0.5) is 0 Å². The van der Waals surface area contributed by atoms with Gasteiger partial charge in [-0.15, -0.1) is 0 Å². The predicted molar refractivity (Wildman–Crippen MR) is 115 cm³/mol. The maximum Gasteiger partial charge on any atom is 0.122 e. The summed E-state index contributed by atoms with van der Waals surface area (Å²) in [4.78, 5) is 0. The molecule has 1 aromatic rings. The summed E-state index contributed by atoms with van der Waals surface area (Å²) in [6.45, 7) is 8.44. The summed E-state index contributed by atoms with van der Waals surface area (Å²) in [6.07, 6.45) is 5.88. The highest BCUT2D eigenvalue weighted by molar-refractivity contribution is 9.10. The molecule has 0 aromatic heterocycles. The van der Waals surface area contributed by atoms with E-state index in [1.54, 1.807) is 0 Å². The molecule has 4 heteroatoms. The molecule has 0 unspecified atom stereocenters. The summed E-state index contributed by atoms with van der Waals surface area (Å²) < 4.78 is 19.6. The maximum atomic E-state index is 13.0. The van der Waals surface area contributed by atoms with E-state index in [1.165, 1.54) is 16.7 Å². The van der Waals surface area contributed by atoms with Gasteiger partial charge in [0.2, 0.25) is 0 Å². The SMILES string of the molecule is CC[C@H]1C[C@@]2(CC[C@@H]1OC)Cc1ccc(Br)cc1/C2=C/[S@@+]([O-])C(C)(C)C. The maximum absolute atomic E-state index is 13.0. The number of benzene rings is 1. The van der Waals surface area contributed by atoms with E-state index < -0.39 is 11.2 Å². The third-order valence-corrected chi connectivity index (χ3v) is 8.35. The molecule has 0 amide bonds. The van der Waals surface area contributed by atoms with E-state index in [0.717, 1.165) is 36.6 Å². The average Bonchev–Trinajstić information content (AvgIpc) is 2.86. The zero-order valence-electron chi connectivity index (χ0n) is 16.6. The molecule has 0 radical (unpaired) electrons. The van der Waals surface area contributed by atoms with Crippen molar-refractivity contribution in [2.75, 3.05) is 7.11 Å². The monoisotopic (exact) mass is 438 g/mol. The molecule has 144 valence electrons. The molecule has 0 heterocycles. The molecule has 1 spiro atoms. The number of hydrogen-bond donors (Lipinski definition) is 0. The molecule has 0 bridgehead atoms. The van der Waals surface area contributed by atoms with Gasteiger partial charge in [-0.3, -0.25) is 0 Å². The lowest BCUT2D eigenvalue weighted by atomic mass is 9.64. The Labute approximate surface area is 170 Å². The number of fused-ring (bicyclic) bond motifs is 1. The normalized spacial score (nSPS) is 31.4. The lowest BCUT2D eigenvalue weighted by Gasteiger charge is -2.43. The van der Waals surface area contributed by atoms with Crippen molar-refractivity contribution in [3.63, 3.8) is 0 Å². The molecular weight excluding hydrogens is 408 g/mol. The minimum Gasteiger partial charge on any atom is -0.611 e. The molecule has 26 heavy (non-hydrogen) atoms. The summed E-state index contributed by atoms with van der Waals surface area (Å²) in [5, 5.41) is 2.08. The fraction of sp³-hybridized carbons (Fsp3) is 0.636. The van der Waals surface area contributed by atoms with Gasteiger partial charge in [-0.2, -0.15) is 0 Å². The number of methoxy groups -OCH3 is 1. The van der Waals surface area contributed by atoms with Crippen molar-refractivity contribution in [3.05, 3.63) is 39.2 Å². The summed E-state index contributed by atoms with van der Waals surface area (Å²) in [7, 11) is 1.84. The molecule has 0 aliphatic heterocycles. The average molecular weight is 439 g/mol. The third kappa shape index (κ3) is 3.80. The van der Waals surface area contributed by atoms with Crippen molar-refractivity contribution in [2.45, 2.75) is 70.7 Å². The Bertz CT molecular complexity index is 694. The number of rotatable bonds is 3. The van der Waals surface area contributed by atoms with Crippen molar-refractivity contribution in [3.8, 4) is 0 Å². The Morgan fingerprint density at radius 3 is 2.73 bits per heavy atom. The van der Waals surface area contributed by atoms with Crippen molar-refractivity contribution >= 4 is 32.7 Å². The first kappa shape index (κ1) is 20.4. The zero-order valence-corrected chi connectivity index (χ0v) is 19.0. The zero-order chi connectivity index (χ0) is 19.1. The second kappa shape index (κ2) is 7.62. The molecule has 2 aliphatic rings. The molecule has 1 saturated carbocycles. The van der Waals surface area contributed by atoms with Gasteiger partial charge in [0.15, 0.2) is 0 Å². The first-order valence-corrected chi connectivity index (χ1v) is 11.7. The quantitative estimate of drug-likeness (QED) is 0.533. The summed E-state index contributed by atoms with van der Waals surface area (Å²) in [5.41, 5.74) is 4.12. The Morgan fingerprint density at radius 2 is 2.12 bits per heavy atom. The van der Waals surface area contributed by atoms with E-state index >= 15 is 0 Å². The lowest BCUT2D eigenvalue weighted by Crippen LogP contribution is -2.38. The van der Waals surface area contributed by atoms with Crippen molar-refractivity contribution in [1.82, 2.24) is 0 Å². The van der Waals surface area contributed by atoms with Gasteiger partial charge in [0.05, 0.1) is 6.10 Å². The fourth-order valence-corrected chi connectivity index (χ4v) is 5.99. The van der Waals surface area contributed by atoms with Gasteiger partial charge in [-0.25, -0.2) is 0 Å². The number of halogens is 1. The first-order valence-electron chi connectivity index (χ1n) is 9.65. The minimum atomic E-state index is -1.00. The molecule has 1 fully saturated rings. The molecule has 1 aromatic carbocycles. The molecular formula is C22H31BrO2S. The molecule has 2 aliphatic carbocycles. The van der Waals surface area contributed by atoms with Crippen LogP contribution in [0.3, 0.4) is 0 Å². The minimum absolute atomic E-state index is 0.111. The summed E-state index contributed by atoms with van der Waals surface area (Å²) >= 11 is 2.63. The number of hydrogen-bond acceptors (Lipinski definition) is 2. The lowest BCUT2D eigenvalue weighted by molar-refractivity contribution is -0.00596. The molecule has 4 atom stereocenters. The van der Waals surface area contributed by atoms with Crippen molar-refractivity contribution < 1.29 is 9.29 Å². The van der Waals surface area contributed by atoms with E-state index in [0.29, 0.717) is 12.0 Å². The van der Waals surface area contributed by atoms with Gasteiger partial charge < -0.3 is 9.29 Å². The van der Waals surface area contributed by atoms with Gasteiger partial charge in [0, 0.05) is 22.6 Å². The number of allylic oxidation sites excluding steroid dienone is 1.